The highest BCUT2D eigenvalue weighted by Crippen LogP contribution is 2.26. The van der Waals surface area contributed by atoms with Crippen LogP contribution in [0.2, 0.25) is 0 Å². The van der Waals surface area contributed by atoms with Crippen molar-refractivity contribution in [3.63, 3.8) is 0 Å². The van der Waals surface area contributed by atoms with Gasteiger partial charge in [-0.2, -0.15) is 4.31 Å². The van der Waals surface area contributed by atoms with Crippen molar-refractivity contribution >= 4 is 39.0 Å². The Hall–Kier alpha value is -3.48. The van der Waals surface area contributed by atoms with Crippen LogP contribution in [-0.2, 0) is 21.4 Å². The van der Waals surface area contributed by atoms with Crippen LogP contribution in [0.1, 0.15) is 5.56 Å². The molecule has 12 heteroatoms. The van der Waals surface area contributed by atoms with Crippen LogP contribution in [0.5, 0.6) is 5.75 Å². The molecule has 2 heterocycles. The summed E-state index contributed by atoms with van der Waals surface area (Å²) < 4.78 is 46.3. The minimum Gasteiger partial charge on any atom is -0.497 e. The second-order valence-electron chi connectivity index (χ2n) is 8.02. The highest BCUT2D eigenvalue weighted by Gasteiger charge is 2.41. The topological polar surface area (TPSA) is 108 Å². The van der Waals surface area contributed by atoms with Gasteiger partial charge in [0.15, 0.2) is 0 Å². The van der Waals surface area contributed by atoms with E-state index < -0.39 is 33.8 Å². The number of hydrogen-bond donors (Lipinski definition) is 2. The maximum Gasteiger partial charge on any atom is 0.321 e. The molecule has 190 valence electrons. The zero-order valence-corrected chi connectivity index (χ0v) is 21.0. The number of piperazine rings is 1. The van der Waals surface area contributed by atoms with Gasteiger partial charge in [0.2, 0.25) is 5.91 Å². The number of benzene rings is 2. The quantitative estimate of drug-likeness (QED) is 0.486. The Morgan fingerprint density at radius 3 is 2.58 bits per heavy atom. The van der Waals surface area contributed by atoms with Crippen LogP contribution in [0.25, 0.3) is 0 Å². The third-order valence-electron chi connectivity index (χ3n) is 5.68. The van der Waals surface area contributed by atoms with E-state index in [9.17, 15) is 22.4 Å². The van der Waals surface area contributed by atoms with Gasteiger partial charge >= 0.3 is 6.03 Å². The molecule has 0 radical (unpaired) electrons. The van der Waals surface area contributed by atoms with Crippen LogP contribution in [0.15, 0.2) is 70.3 Å². The van der Waals surface area contributed by atoms with Gasteiger partial charge in [-0.1, -0.05) is 18.2 Å². The maximum absolute atomic E-state index is 13.3. The van der Waals surface area contributed by atoms with Crippen LogP contribution in [0.4, 0.5) is 14.9 Å². The summed E-state index contributed by atoms with van der Waals surface area (Å²) in [7, 11) is -2.41. The SMILES string of the molecule is COc1cccc(CNC(=O)C2CN(C(=O)Nc3ccc(F)cc3)CCN2S(=O)(=O)c2cccs2)c1. The van der Waals surface area contributed by atoms with Crippen molar-refractivity contribution in [3.05, 3.63) is 77.4 Å². The lowest BCUT2D eigenvalue weighted by atomic mass is 10.1. The van der Waals surface area contributed by atoms with Crippen LogP contribution in [0.3, 0.4) is 0 Å². The maximum atomic E-state index is 13.3. The predicted molar refractivity (Wildman–Crippen MR) is 134 cm³/mol. The smallest absolute Gasteiger partial charge is 0.321 e. The molecule has 3 aromatic rings. The van der Waals surface area contributed by atoms with Gasteiger partial charge < -0.3 is 20.3 Å². The fourth-order valence-electron chi connectivity index (χ4n) is 3.80. The van der Waals surface area contributed by atoms with Crippen molar-refractivity contribution in [1.29, 1.82) is 0 Å². The summed E-state index contributed by atoms with van der Waals surface area (Å²) in [4.78, 5) is 27.5. The lowest BCUT2D eigenvalue weighted by Gasteiger charge is -2.39. The lowest BCUT2D eigenvalue weighted by Crippen LogP contribution is -2.61. The molecule has 36 heavy (non-hydrogen) atoms. The third kappa shape index (κ3) is 5.83. The zero-order chi connectivity index (χ0) is 25.7. The first-order valence-corrected chi connectivity index (χ1v) is 13.4. The van der Waals surface area contributed by atoms with Crippen LogP contribution >= 0.6 is 11.3 Å². The standard InChI is InChI=1S/C24H25FN4O5S2/c1-34-20-5-2-4-17(14-20)15-26-23(30)21-16-28(24(31)27-19-9-7-18(25)8-10-19)11-12-29(21)36(32,33)22-6-3-13-35-22/h2-10,13-14,21H,11-12,15-16H2,1H3,(H,26,30)(H,27,31). The van der Waals surface area contributed by atoms with Crippen molar-refractivity contribution in [2.75, 3.05) is 32.1 Å². The number of carbonyl (C=O) groups is 2. The molecular weight excluding hydrogens is 507 g/mol. The molecule has 4 rings (SSSR count). The molecule has 0 saturated carbocycles. The van der Waals surface area contributed by atoms with E-state index in [2.05, 4.69) is 10.6 Å². The molecule has 2 aromatic carbocycles. The first kappa shape index (κ1) is 25.6. The van der Waals surface area contributed by atoms with Gasteiger partial charge in [0.25, 0.3) is 10.0 Å². The van der Waals surface area contributed by atoms with E-state index in [1.54, 1.807) is 36.8 Å². The van der Waals surface area contributed by atoms with Crippen LogP contribution in [-0.4, -0.2) is 62.3 Å². The van der Waals surface area contributed by atoms with Crippen LogP contribution < -0.4 is 15.4 Å². The number of amides is 3. The van der Waals surface area contributed by atoms with Crippen molar-refractivity contribution < 1.29 is 27.1 Å². The monoisotopic (exact) mass is 532 g/mol. The summed E-state index contributed by atoms with van der Waals surface area (Å²) >= 11 is 1.06. The highest BCUT2D eigenvalue weighted by atomic mass is 32.2. The molecule has 1 unspecified atom stereocenters. The number of nitrogens with one attached hydrogen (secondary N) is 2. The molecule has 1 aliphatic heterocycles. The minimum atomic E-state index is -3.95. The van der Waals surface area contributed by atoms with E-state index in [-0.39, 0.29) is 30.4 Å². The number of ether oxygens (including phenoxy) is 1. The fourth-order valence-corrected chi connectivity index (χ4v) is 6.49. The third-order valence-corrected chi connectivity index (χ3v) is 8.96. The van der Waals surface area contributed by atoms with E-state index in [1.165, 1.54) is 35.2 Å². The highest BCUT2D eigenvalue weighted by molar-refractivity contribution is 7.91. The summed E-state index contributed by atoms with van der Waals surface area (Å²) in [6.07, 6.45) is 0. The molecule has 0 spiro atoms. The van der Waals surface area contributed by atoms with Gasteiger partial charge in [0, 0.05) is 31.9 Å². The Balaban J connectivity index is 1.52. The number of anilines is 1. The van der Waals surface area contributed by atoms with Gasteiger partial charge in [0.1, 0.15) is 21.8 Å². The van der Waals surface area contributed by atoms with Crippen molar-refractivity contribution in [2.45, 2.75) is 16.8 Å². The number of methoxy groups -OCH3 is 1. The normalized spacial score (nSPS) is 16.4. The minimum absolute atomic E-state index is 0.0612. The van der Waals surface area contributed by atoms with Crippen molar-refractivity contribution in [2.24, 2.45) is 0 Å². The number of urea groups is 1. The van der Waals surface area contributed by atoms with E-state index in [0.29, 0.717) is 11.4 Å². The molecular formula is C24H25FN4O5S2. The average molecular weight is 533 g/mol. The molecule has 0 aliphatic carbocycles. The Labute approximate surface area is 212 Å². The number of halogens is 1. The van der Waals surface area contributed by atoms with Gasteiger partial charge in [-0.25, -0.2) is 17.6 Å². The summed E-state index contributed by atoms with van der Waals surface area (Å²) in [6.45, 7) is 0.0222. The molecule has 3 amide bonds. The molecule has 9 nitrogen and oxygen atoms in total. The summed E-state index contributed by atoms with van der Waals surface area (Å²) in [6, 6.07) is 13.9. The number of sulfonamides is 1. The molecule has 1 atom stereocenters. The summed E-state index contributed by atoms with van der Waals surface area (Å²) in [5, 5.41) is 7.09. The molecule has 1 aromatic heterocycles. The number of hydrogen-bond acceptors (Lipinski definition) is 6. The Bertz CT molecular complexity index is 1320. The molecule has 1 fully saturated rings. The first-order chi connectivity index (χ1) is 17.3. The van der Waals surface area contributed by atoms with Crippen molar-refractivity contribution in [1.82, 2.24) is 14.5 Å². The first-order valence-electron chi connectivity index (χ1n) is 11.1. The summed E-state index contributed by atoms with van der Waals surface area (Å²) in [5.41, 5.74) is 1.16. The number of nitrogens with zero attached hydrogens (tertiary/aromatic N) is 2. The molecule has 1 aliphatic rings. The number of thiophene rings is 1. The van der Waals surface area contributed by atoms with Gasteiger partial charge in [-0.3, -0.25) is 4.79 Å². The molecule has 2 N–H and O–H groups in total. The van der Waals surface area contributed by atoms with Crippen molar-refractivity contribution in [3.8, 4) is 5.75 Å². The fraction of sp³-hybridized carbons (Fsp3) is 0.250. The van der Waals surface area contributed by atoms with E-state index in [0.717, 1.165) is 21.2 Å². The second-order valence-corrected chi connectivity index (χ2v) is 11.1. The number of carbonyl (C=O) groups excluding carboxylic acids is 2. The zero-order valence-electron chi connectivity index (χ0n) is 19.4. The second kappa shape index (κ2) is 11.1. The van der Waals surface area contributed by atoms with Gasteiger partial charge in [0.05, 0.1) is 7.11 Å². The largest absolute Gasteiger partial charge is 0.497 e. The Morgan fingerprint density at radius 2 is 1.89 bits per heavy atom. The van der Waals surface area contributed by atoms with Gasteiger partial charge in [-0.05, 0) is 53.4 Å². The predicted octanol–water partition coefficient (Wildman–Crippen LogP) is 3.12. The van der Waals surface area contributed by atoms with E-state index >= 15 is 0 Å². The van der Waals surface area contributed by atoms with E-state index in [1.807, 2.05) is 6.07 Å². The molecule has 1 saturated heterocycles. The average Bonchev–Trinajstić information content (AvgIpc) is 3.44. The van der Waals surface area contributed by atoms with Crippen LogP contribution in [0, 0.1) is 5.82 Å². The lowest BCUT2D eigenvalue weighted by molar-refractivity contribution is -0.126. The summed E-state index contributed by atoms with van der Waals surface area (Å²) in [5.74, 6) is -0.338. The Kier molecular flexibility index (Phi) is 7.87. The number of rotatable bonds is 7. The van der Waals surface area contributed by atoms with Gasteiger partial charge in [-0.15, -0.1) is 11.3 Å². The van der Waals surface area contributed by atoms with E-state index in [4.69, 9.17) is 4.74 Å². The molecule has 0 bridgehead atoms. The Morgan fingerprint density at radius 1 is 1.11 bits per heavy atom.